The number of benzene rings is 1. The quantitative estimate of drug-likeness (QED) is 0.887. The highest BCUT2D eigenvalue weighted by atomic mass is 16.5. The third-order valence-electron chi connectivity index (χ3n) is 3.53. The molecule has 114 valence electrons. The normalized spacial score (nSPS) is 14.0. The molecule has 1 aliphatic rings. The zero-order valence-corrected chi connectivity index (χ0v) is 11.8. The van der Waals surface area contributed by atoms with Crippen LogP contribution in [-0.4, -0.2) is 28.6 Å². The molecule has 1 aromatic heterocycles. The molecule has 2 heterocycles. The van der Waals surface area contributed by atoms with Gasteiger partial charge in [0.05, 0.1) is 6.61 Å². The van der Waals surface area contributed by atoms with Gasteiger partial charge in [0.15, 0.2) is 18.1 Å². The second-order valence-electron chi connectivity index (χ2n) is 4.97. The topological polar surface area (TPSA) is 102 Å². The fourth-order valence-corrected chi connectivity index (χ4v) is 2.40. The van der Waals surface area contributed by atoms with Crippen LogP contribution in [0.15, 0.2) is 29.0 Å². The van der Waals surface area contributed by atoms with Gasteiger partial charge in [-0.3, -0.25) is 4.79 Å². The van der Waals surface area contributed by atoms with E-state index in [1.807, 2.05) is 0 Å². The number of ether oxygens (including phenoxy) is 1. The number of rotatable bonds is 4. The summed E-state index contributed by atoms with van der Waals surface area (Å²) in [6.45, 7) is 2.17. The van der Waals surface area contributed by atoms with Crippen LogP contribution in [0.1, 0.15) is 33.4 Å². The number of nitrogens with one attached hydrogen (secondary N) is 1. The minimum Gasteiger partial charge on any atom is -0.493 e. The maximum absolute atomic E-state index is 12.1. The van der Waals surface area contributed by atoms with Gasteiger partial charge in [-0.1, -0.05) is 6.07 Å². The Labute approximate surface area is 125 Å². The third kappa shape index (κ3) is 2.52. The molecule has 0 aliphatic carbocycles. The first-order chi connectivity index (χ1) is 10.6. The predicted octanol–water partition coefficient (Wildman–Crippen LogP) is 1.47. The molecule has 1 aliphatic heterocycles. The zero-order chi connectivity index (χ0) is 15.7. The first-order valence-corrected chi connectivity index (χ1v) is 6.75. The van der Waals surface area contributed by atoms with Crippen LogP contribution in [0.3, 0.4) is 0 Å². The molecule has 0 fully saturated rings. The monoisotopic (exact) mass is 302 g/mol. The van der Waals surface area contributed by atoms with E-state index in [9.17, 15) is 14.7 Å². The summed E-state index contributed by atoms with van der Waals surface area (Å²) >= 11 is 0. The molecule has 1 atom stereocenters. The lowest BCUT2D eigenvalue weighted by Gasteiger charge is -2.15. The van der Waals surface area contributed by atoms with E-state index in [2.05, 4.69) is 10.3 Å². The Morgan fingerprint density at radius 3 is 2.91 bits per heavy atom. The predicted molar refractivity (Wildman–Crippen MR) is 74.7 cm³/mol. The molecular weight excluding hydrogens is 288 g/mol. The lowest BCUT2D eigenvalue weighted by Crippen LogP contribution is -2.34. The van der Waals surface area contributed by atoms with Gasteiger partial charge in [0.1, 0.15) is 11.5 Å². The summed E-state index contributed by atoms with van der Waals surface area (Å²) in [5.41, 5.74) is 1.51. The Kier molecular flexibility index (Phi) is 3.54. The third-order valence-corrected chi connectivity index (χ3v) is 3.53. The largest absolute Gasteiger partial charge is 0.493 e. The van der Waals surface area contributed by atoms with E-state index in [1.165, 1.54) is 0 Å². The Morgan fingerprint density at radius 2 is 2.23 bits per heavy atom. The van der Waals surface area contributed by atoms with Crippen LogP contribution in [0.4, 0.5) is 0 Å². The standard InChI is InChI=1S/C15H14N2O5/c1-8-12(16-7-22-8)14(18)17-13(15(19)20)10-2-3-11-9(6-10)4-5-21-11/h2-3,6-7,13H,4-5H2,1H3,(H,17,18)(H,19,20)/t13-/m1/s1. The summed E-state index contributed by atoms with van der Waals surface area (Å²) in [6.07, 6.45) is 1.87. The number of amides is 1. The van der Waals surface area contributed by atoms with Crippen molar-refractivity contribution in [2.45, 2.75) is 19.4 Å². The average Bonchev–Trinajstić information content (AvgIpc) is 3.11. The molecule has 7 nitrogen and oxygen atoms in total. The number of hydrogen-bond acceptors (Lipinski definition) is 5. The molecule has 0 bridgehead atoms. The van der Waals surface area contributed by atoms with Crippen LogP contribution in [0, 0.1) is 6.92 Å². The number of fused-ring (bicyclic) bond motifs is 1. The highest BCUT2D eigenvalue weighted by molar-refractivity contribution is 5.95. The van der Waals surface area contributed by atoms with Crippen molar-refractivity contribution in [3.8, 4) is 5.75 Å². The molecule has 0 spiro atoms. The lowest BCUT2D eigenvalue weighted by molar-refractivity contribution is -0.139. The summed E-state index contributed by atoms with van der Waals surface area (Å²) in [5, 5.41) is 11.9. The molecule has 7 heteroatoms. The summed E-state index contributed by atoms with van der Waals surface area (Å²) in [4.78, 5) is 27.4. The van der Waals surface area contributed by atoms with Crippen molar-refractivity contribution in [3.63, 3.8) is 0 Å². The van der Waals surface area contributed by atoms with Gasteiger partial charge < -0.3 is 19.6 Å². The number of aryl methyl sites for hydroxylation is 1. The number of carboxylic acid groups (broad SMARTS) is 1. The number of aliphatic carboxylic acids is 1. The van der Waals surface area contributed by atoms with Crippen molar-refractivity contribution in [3.05, 3.63) is 47.2 Å². The molecule has 0 unspecified atom stereocenters. The molecule has 2 aromatic rings. The lowest BCUT2D eigenvalue weighted by atomic mass is 10.0. The van der Waals surface area contributed by atoms with E-state index in [0.717, 1.165) is 24.1 Å². The molecule has 22 heavy (non-hydrogen) atoms. The highest BCUT2D eigenvalue weighted by Gasteiger charge is 2.26. The van der Waals surface area contributed by atoms with Crippen LogP contribution < -0.4 is 10.1 Å². The molecule has 1 amide bonds. The molecule has 0 saturated carbocycles. The van der Waals surface area contributed by atoms with E-state index in [0.29, 0.717) is 17.9 Å². The van der Waals surface area contributed by atoms with Gasteiger partial charge in [0, 0.05) is 6.42 Å². The van der Waals surface area contributed by atoms with E-state index < -0.39 is 17.9 Å². The minimum atomic E-state index is -1.16. The fourth-order valence-electron chi connectivity index (χ4n) is 2.40. The molecular formula is C15H14N2O5. The molecule has 1 aromatic carbocycles. The Morgan fingerprint density at radius 1 is 1.41 bits per heavy atom. The number of hydrogen-bond donors (Lipinski definition) is 2. The smallest absolute Gasteiger partial charge is 0.330 e. The second-order valence-corrected chi connectivity index (χ2v) is 4.97. The van der Waals surface area contributed by atoms with Crippen LogP contribution in [0.25, 0.3) is 0 Å². The van der Waals surface area contributed by atoms with Crippen molar-refractivity contribution < 1.29 is 23.8 Å². The van der Waals surface area contributed by atoms with Crippen molar-refractivity contribution in [2.75, 3.05) is 6.61 Å². The summed E-state index contributed by atoms with van der Waals surface area (Å²) < 4.78 is 10.4. The molecule has 3 rings (SSSR count). The van der Waals surface area contributed by atoms with Gasteiger partial charge in [-0.2, -0.15) is 0 Å². The van der Waals surface area contributed by atoms with E-state index >= 15 is 0 Å². The van der Waals surface area contributed by atoms with Gasteiger partial charge in [-0.25, -0.2) is 9.78 Å². The van der Waals surface area contributed by atoms with Gasteiger partial charge in [0.25, 0.3) is 5.91 Å². The van der Waals surface area contributed by atoms with Gasteiger partial charge >= 0.3 is 5.97 Å². The van der Waals surface area contributed by atoms with Crippen LogP contribution in [-0.2, 0) is 11.2 Å². The summed E-state index contributed by atoms with van der Waals surface area (Å²) in [5.74, 6) is -0.640. The average molecular weight is 302 g/mol. The maximum Gasteiger partial charge on any atom is 0.330 e. The Balaban J connectivity index is 1.86. The first-order valence-electron chi connectivity index (χ1n) is 6.75. The second kappa shape index (κ2) is 5.51. The van der Waals surface area contributed by atoms with Gasteiger partial charge in [-0.15, -0.1) is 0 Å². The summed E-state index contributed by atoms with van der Waals surface area (Å²) in [7, 11) is 0. The highest BCUT2D eigenvalue weighted by Crippen LogP contribution is 2.28. The zero-order valence-electron chi connectivity index (χ0n) is 11.8. The van der Waals surface area contributed by atoms with E-state index in [1.54, 1.807) is 25.1 Å². The number of nitrogens with zero attached hydrogens (tertiary/aromatic N) is 1. The van der Waals surface area contributed by atoms with Crippen LogP contribution >= 0.6 is 0 Å². The van der Waals surface area contributed by atoms with Crippen molar-refractivity contribution >= 4 is 11.9 Å². The Hall–Kier alpha value is -2.83. The summed E-state index contributed by atoms with van der Waals surface area (Å²) in [6, 6.07) is 3.95. The maximum atomic E-state index is 12.1. The number of carbonyl (C=O) groups excluding carboxylic acids is 1. The van der Waals surface area contributed by atoms with Crippen molar-refractivity contribution in [1.82, 2.24) is 10.3 Å². The molecule has 0 saturated heterocycles. The number of aromatic nitrogens is 1. The molecule has 2 N–H and O–H groups in total. The minimum absolute atomic E-state index is 0.0794. The van der Waals surface area contributed by atoms with Crippen LogP contribution in [0.2, 0.25) is 0 Å². The SMILES string of the molecule is Cc1ocnc1C(=O)N[C@@H](C(=O)O)c1ccc2c(c1)CCO2. The van der Waals surface area contributed by atoms with E-state index in [-0.39, 0.29) is 5.69 Å². The van der Waals surface area contributed by atoms with Crippen LogP contribution in [0.5, 0.6) is 5.75 Å². The van der Waals surface area contributed by atoms with Crippen molar-refractivity contribution in [2.24, 2.45) is 0 Å². The number of carboxylic acids is 1. The van der Waals surface area contributed by atoms with Gasteiger partial charge in [0.2, 0.25) is 0 Å². The van der Waals surface area contributed by atoms with Gasteiger partial charge in [-0.05, 0) is 30.2 Å². The number of oxazole rings is 1. The number of carbonyl (C=O) groups is 2. The first kappa shape index (κ1) is 14.1. The van der Waals surface area contributed by atoms with Crippen molar-refractivity contribution in [1.29, 1.82) is 0 Å². The molecule has 0 radical (unpaired) electrons. The Bertz CT molecular complexity index is 737. The fraction of sp³-hybridized carbons (Fsp3) is 0.267. The van der Waals surface area contributed by atoms with E-state index in [4.69, 9.17) is 9.15 Å².